The second-order valence-electron chi connectivity index (χ2n) is 3.01. The molecule has 0 aliphatic carbocycles. The van der Waals surface area contributed by atoms with E-state index in [1.165, 1.54) is 25.1 Å². The van der Waals surface area contributed by atoms with Crippen molar-refractivity contribution in [3.05, 3.63) is 32.9 Å². The lowest BCUT2D eigenvalue weighted by atomic mass is 10.0. The van der Waals surface area contributed by atoms with Gasteiger partial charge in [0.25, 0.3) is 6.43 Å². The zero-order chi connectivity index (χ0) is 11.6. The zero-order valence-corrected chi connectivity index (χ0v) is 10.7. The number of carbonyl (C=O) groups excluding carboxylic acids is 1. The maximum Gasteiger partial charge on any atom is 0.264 e. The van der Waals surface area contributed by atoms with Crippen LogP contribution >= 0.6 is 34.2 Å². The molecular weight excluding hydrogens is 336 g/mol. The Morgan fingerprint density at radius 3 is 2.53 bits per heavy atom. The van der Waals surface area contributed by atoms with Gasteiger partial charge in [0.15, 0.2) is 5.78 Å². The summed E-state index contributed by atoms with van der Waals surface area (Å²) in [7, 11) is 0. The molecule has 1 unspecified atom stereocenters. The number of Topliss-reactive ketones (excluding diaryl/α,β-unsaturated/α-hetero) is 1. The van der Waals surface area contributed by atoms with E-state index in [0.29, 0.717) is 0 Å². The Kier molecular flexibility index (Phi) is 4.45. The quantitative estimate of drug-likeness (QED) is 0.459. The Morgan fingerprint density at radius 1 is 1.47 bits per heavy atom. The molecule has 0 spiro atoms. The smallest absolute Gasteiger partial charge is 0.264 e. The Bertz CT molecular complexity index is 380. The molecule has 0 aromatic heterocycles. The third kappa shape index (κ3) is 3.11. The molecule has 0 saturated carbocycles. The van der Waals surface area contributed by atoms with E-state index in [1.54, 1.807) is 0 Å². The summed E-state index contributed by atoms with van der Waals surface area (Å²) in [6.07, 6.45) is -2.66. The fourth-order valence-corrected chi connectivity index (χ4v) is 1.76. The molecule has 0 aliphatic rings. The van der Waals surface area contributed by atoms with E-state index in [1.807, 2.05) is 22.6 Å². The molecule has 82 valence electrons. The van der Waals surface area contributed by atoms with Crippen molar-refractivity contribution < 1.29 is 13.6 Å². The Labute approximate surface area is 105 Å². The fourth-order valence-electron chi connectivity index (χ4n) is 1.15. The van der Waals surface area contributed by atoms with Crippen molar-refractivity contribution in [2.24, 2.45) is 0 Å². The highest BCUT2D eigenvalue weighted by atomic mass is 127. The van der Waals surface area contributed by atoms with Crippen LogP contribution in [0, 0.1) is 3.57 Å². The number of alkyl halides is 3. The van der Waals surface area contributed by atoms with Gasteiger partial charge >= 0.3 is 0 Å². The summed E-state index contributed by atoms with van der Waals surface area (Å²) in [4.78, 5) is 11.6. The van der Waals surface area contributed by atoms with Gasteiger partial charge in [0.05, 0.1) is 5.38 Å². The molecule has 0 aliphatic heterocycles. The van der Waals surface area contributed by atoms with Crippen molar-refractivity contribution >= 4 is 40.0 Å². The maximum atomic E-state index is 12.6. The summed E-state index contributed by atoms with van der Waals surface area (Å²) >= 11 is 7.56. The maximum absolute atomic E-state index is 12.6. The van der Waals surface area contributed by atoms with Crippen LogP contribution in [0.25, 0.3) is 0 Å². The Hall–Kier alpha value is -0.230. The van der Waals surface area contributed by atoms with Gasteiger partial charge in [0.1, 0.15) is 0 Å². The number of rotatable bonds is 3. The van der Waals surface area contributed by atoms with Crippen LogP contribution < -0.4 is 0 Å². The van der Waals surface area contributed by atoms with E-state index in [4.69, 9.17) is 11.6 Å². The minimum atomic E-state index is -2.66. The van der Waals surface area contributed by atoms with Gasteiger partial charge in [-0.25, -0.2) is 8.78 Å². The van der Waals surface area contributed by atoms with Gasteiger partial charge in [-0.3, -0.25) is 4.79 Å². The second-order valence-corrected chi connectivity index (χ2v) is 4.91. The van der Waals surface area contributed by atoms with Gasteiger partial charge < -0.3 is 0 Å². The molecule has 1 rings (SSSR count). The largest absolute Gasteiger partial charge is 0.293 e. The molecule has 1 aromatic rings. The molecule has 5 heteroatoms. The van der Waals surface area contributed by atoms with Crippen LogP contribution in [0.2, 0.25) is 0 Å². The van der Waals surface area contributed by atoms with E-state index in [9.17, 15) is 13.6 Å². The van der Waals surface area contributed by atoms with Gasteiger partial charge in [0, 0.05) is 14.7 Å². The molecule has 1 nitrogen and oxygen atoms in total. The van der Waals surface area contributed by atoms with Gasteiger partial charge in [-0.2, -0.15) is 0 Å². The summed E-state index contributed by atoms with van der Waals surface area (Å²) < 4.78 is 25.9. The predicted molar refractivity (Wildman–Crippen MR) is 63.8 cm³/mol. The van der Waals surface area contributed by atoms with Crippen molar-refractivity contribution in [1.29, 1.82) is 0 Å². The van der Waals surface area contributed by atoms with Crippen LogP contribution in [0.3, 0.4) is 0 Å². The first-order valence-corrected chi connectivity index (χ1v) is 5.71. The lowest BCUT2D eigenvalue weighted by Gasteiger charge is -2.09. The minimum absolute atomic E-state index is 0.0133. The van der Waals surface area contributed by atoms with Crippen LogP contribution in [0.4, 0.5) is 8.78 Å². The average Bonchev–Trinajstić information content (AvgIpc) is 2.15. The van der Waals surface area contributed by atoms with E-state index in [2.05, 4.69) is 0 Å². The van der Waals surface area contributed by atoms with Crippen LogP contribution in [-0.2, 0) is 0 Å². The standard InChI is InChI=1S/C10H8ClF2IO/c1-5(11)9(15)8-4-6(14)2-3-7(8)10(12)13/h2-5,10H,1H3. The van der Waals surface area contributed by atoms with Crippen LogP contribution in [-0.4, -0.2) is 11.2 Å². The number of carbonyl (C=O) groups is 1. The Balaban J connectivity index is 3.24. The number of halogens is 4. The first-order chi connectivity index (χ1) is 6.93. The SMILES string of the molecule is CC(Cl)C(=O)c1cc(I)ccc1C(F)F. The zero-order valence-electron chi connectivity index (χ0n) is 7.81. The molecule has 1 aromatic carbocycles. The first-order valence-electron chi connectivity index (χ1n) is 4.19. The lowest BCUT2D eigenvalue weighted by molar-refractivity contribution is 0.0977. The molecule has 0 bridgehead atoms. The molecule has 0 N–H and O–H groups in total. The second kappa shape index (κ2) is 5.21. The summed E-state index contributed by atoms with van der Waals surface area (Å²) in [6, 6.07) is 4.24. The third-order valence-corrected chi connectivity index (χ3v) is 2.75. The number of hydrogen-bond donors (Lipinski definition) is 0. The summed E-state index contributed by atoms with van der Waals surface area (Å²) in [5, 5.41) is -0.791. The van der Waals surface area contributed by atoms with Crippen LogP contribution in [0.15, 0.2) is 18.2 Å². The summed E-state index contributed by atoms with van der Waals surface area (Å²) in [6.45, 7) is 1.47. The van der Waals surface area contributed by atoms with Gasteiger partial charge in [-0.05, 0) is 41.6 Å². The van der Waals surface area contributed by atoms with Crippen molar-refractivity contribution in [2.75, 3.05) is 0 Å². The van der Waals surface area contributed by atoms with Crippen LogP contribution in [0.1, 0.15) is 29.3 Å². The molecule has 0 fully saturated rings. The normalized spacial score (nSPS) is 12.9. The minimum Gasteiger partial charge on any atom is -0.293 e. The molecule has 15 heavy (non-hydrogen) atoms. The molecule has 0 radical (unpaired) electrons. The highest BCUT2D eigenvalue weighted by Gasteiger charge is 2.21. The number of hydrogen-bond acceptors (Lipinski definition) is 1. The fraction of sp³-hybridized carbons (Fsp3) is 0.300. The number of ketones is 1. The van der Waals surface area contributed by atoms with Crippen molar-refractivity contribution in [2.45, 2.75) is 18.7 Å². The van der Waals surface area contributed by atoms with Crippen molar-refractivity contribution in [1.82, 2.24) is 0 Å². The highest BCUT2D eigenvalue weighted by Crippen LogP contribution is 2.26. The lowest BCUT2D eigenvalue weighted by Crippen LogP contribution is -2.13. The van der Waals surface area contributed by atoms with E-state index < -0.39 is 17.6 Å². The van der Waals surface area contributed by atoms with Crippen LogP contribution in [0.5, 0.6) is 0 Å². The monoisotopic (exact) mass is 344 g/mol. The van der Waals surface area contributed by atoms with Gasteiger partial charge in [-0.1, -0.05) is 6.07 Å². The van der Waals surface area contributed by atoms with Gasteiger partial charge in [0.2, 0.25) is 0 Å². The van der Waals surface area contributed by atoms with E-state index in [0.717, 1.165) is 3.57 Å². The third-order valence-electron chi connectivity index (χ3n) is 1.88. The summed E-state index contributed by atoms with van der Waals surface area (Å²) in [5.74, 6) is -0.467. The van der Waals surface area contributed by atoms with E-state index in [-0.39, 0.29) is 11.1 Å². The van der Waals surface area contributed by atoms with Crippen molar-refractivity contribution in [3.8, 4) is 0 Å². The average molecular weight is 345 g/mol. The Morgan fingerprint density at radius 2 is 2.07 bits per heavy atom. The van der Waals surface area contributed by atoms with Crippen molar-refractivity contribution in [3.63, 3.8) is 0 Å². The highest BCUT2D eigenvalue weighted by molar-refractivity contribution is 14.1. The molecule has 0 amide bonds. The molecule has 0 saturated heterocycles. The van der Waals surface area contributed by atoms with Gasteiger partial charge in [-0.15, -0.1) is 11.6 Å². The number of benzene rings is 1. The summed E-state index contributed by atoms with van der Waals surface area (Å²) in [5.41, 5.74) is -0.243. The predicted octanol–water partition coefficient (Wildman–Crippen LogP) is 4.04. The molecule has 1 atom stereocenters. The molecule has 0 heterocycles. The first kappa shape index (κ1) is 12.8. The topological polar surface area (TPSA) is 17.1 Å². The van der Waals surface area contributed by atoms with E-state index >= 15 is 0 Å². The molecular formula is C10H8ClF2IO.